The third-order valence-corrected chi connectivity index (χ3v) is 2.00. The van der Waals surface area contributed by atoms with Gasteiger partial charge in [0.2, 0.25) is 0 Å². The van der Waals surface area contributed by atoms with Gasteiger partial charge < -0.3 is 0 Å². The fourth-order valence-electron chi connectivity index (χ4n) is 1.37. The molecule has 0 atom stereocenters. The molecule has 0 unspecified atom stereocenters. The predicted molar refractivity (Wildman–Crippen MR) is 43.3 cm³/mol. The minimum atomic E-state index is 0.187. The number of hydrogen-bond acceptors (Lipinski definition) is 3. The van der Waals surface area contributed by atoms with Gasteiger partial charge in [0.1, 0.15) is 5.69 Å². The Hall–Kier alpha value is -1.45. The van der Waals surface area contributed by atoms with E-state index in [1.807, 2.05) is 6.92 Å². The van der Waals surface area contributed by atoms with Gasteiger partial charge in [-0.3, -0.25) is 9.89 Å². The van der Waals surface area contributed by atoms with E-state index in [-0.39, 0.29) is 5.78 Å². The first-order valence-electron chi connectivity index (χ1n) is 3.89. The van der Waals surface area contributed by atoms with E-state index in [2.05, 4.69) is 15.4 Å². The van der Waals surface area contributed by atoms with Crippen LogP contribution in [0.3, 0.4) is 0 Å². The molecule has 0 saturated heterocycles. The molecule has 0 aliphatic heterocycles. The largest absolute Gasteiger partial charge is 0.295 e. The molecular weight excluding hydrogens is 154 g/mol. The topological polar surface area (TPSA) is 58.6 Å². The molecule has 12 heavy (non-hydrogen) atoms. The molecule has 0 amide bonds. The number of aromatic amines is 1. The molecule has 0 aromatic carbocycles. The van der Waals surface area contributed by atoms with Gasteiger partial charge >= 0.3 is 0 Å². The third-order valence-electron chi connectivity index (χ3n) is 2.00. The van der Waals surface area contributed by atoms with Gasteiger partial charge in [0.25, 0.3) is 0 Å². The Bertz CT molecular complexity index is 351. The molecule has 4 nitrogen and oxygen atoms in total. The first-order valence-corrected chi connectivity index (χ1v) is 3.89. The number of carbonyl (C=O) groups excluding carboxylic acids is 1. The smallest absolute Gasteiger partial charge is 0.156 e. The van der Waals surface area contributed by atoms with Gasteiger partial charge in [-0.15, -0.1) is 5.10 Å². The van der Waals surface area contributed by atoms with E-state index in [0.717, 1.165) is 23.4 Å². The molecule has 0 saturated carbocycles. The normalized spacial score (nSPS) is 16.8. The van der Waals surface area contributed by atoms with Crippen molar-refractivity contribution in [3.8, 4) is 0 Å². The zero-order chi connectivity index (χ0) is 8.55. The third kappa shape index (κ3) is 1.05. The van der Waals surface area contributed by atoms with E-state index in [1.165, 1.54) is 0 Å². The van der Waals surface area contributed by atoms with E-state index in [9.17, 15) is 4.79 Å². The summed E-state index contributed by atoms with van der Waals surface area (Å²) in [5.41, 5.74) is 2.77. The van der Waals surface area contributed by atoms with Gasteiger partial charge in [-0.1, -0.05) is 5.21 Å². The first-order chi connectivity index (χ1) is 5.77. The van der Waals surface area contributed by atoms with Crippen LogP contribution in [-0.2, 0) is 4.79 Å². The molecular formula is C8H9N3O. The number of hydrogen-bond donors (Lipinski definition) is 1. The Morgan fingerprint density at radius 1 is 1.50 bits per heavy atom. The van der Waals surface area contributed by atoms with E-state index in [1.54, 1.807) is 6.08 Å². The highest BCUT2D eigenvalue weighted by molar-refractivity contribution is 6.01. The molecule has 2 rings (SSSR count). The van der Waals surface area contributed by atoms with Crippen molar-refractivity contribution in [3.63, 3.8) is 0 Å². The number of carbonyl (C=O) groups is 1. The number of aryl methyl sites for hydroxylation is 1. The highest BCUT2D eigenvalue weighted by Gasteiger charge is 2.17. The Balaban J connectivity index is 2.38. The number of H-pyrrole nitrogens is 1. The molecule has 0 spiro atoms. The Labute approximate surface area is 69.7 Å². The highest BCUT2D eigenvalue weighted by atomic mass is 16.1. The lowest BCUT2D eigenvalue weighted by Gasteiger charge is -1.93. The average molecular weight is 163 g/mol. The molecule has 0 fully saturated rings. The second-order valence-electron chi connectivity index (χ2n) is 2.92. The van der Waals surface area contributed by atoms with Crippen LogP contribution in [0.4, 0.5) is 0 Å². The predicted octanol–water partition coefficient (Wildman–Crippen LogP) is 0.859. The van der Waals surface area contributed by atoms with E-state index in [4.69, 9.17) is 0 Å². The fraction of sp³-hybridized carbons (Fsp3) is 0.375. The summed E-state index contributed by atoms with van der Waals surface area (Å²) in [6.07, 6.45) is 3.07. The molecule has 1 N–H and O–H groups in total. The molecule has 1 aromatic rings. The quantitative estimate of drug-likeness (QED) is 0.668. The number of rotatable bonds is 1. The van der Waals surface area contributed by atoms with E-state index < -0.39 is 0 Å². The van der Waals surface area contributed by atoms with Crippen LogP contribution >= 0.6 is 0 Å². The molecule has 0 bridgehead atoms. The number of allylic oxidation sites excluding steroid dienone is 2. The lowest BCUT2D eigenvalue weighted by Crippen LogP contribution is -1.83. The lowest BCUT2D eigenvalue weighted by molar-refractivity contribution is -0.114. The zero-order valence-electron chi connectivity index (χ0n) is 6.79. The van der Waals surface area contributed by atoms with Crippen molar-refractivity contribution >= 4 is 11.4 Å². The van der Waals surface area contributed by atoms with Crippen LogP contribution in [0.5, 0.6) is 0 Å². The molecule has 62 valence electrons. The lowest BCUT2D eigenvalue weighted by atomic mass is 10.1. The Kier molecular flexibility index (Phi) is 1.53. The molecule has 4 heteroatoms. The van der Waals surface area contributed by atoms with Crippen LogP contribution in [0, 0.1) is 6.92 Å². The highest BCUT2D eigenvalue weighted by Crippen LogP contribution is 2.25. The maximum absolute atomic E-state index is 10.9. The standard InChI is InChI=1S/C8H9N3O/c1-5-8(10-11-9-5)6-2-3-7(12)4-6/h4H,2-3H2,1H3,(H,9,10,11). The van der Waals surface area contributed by atoms with Crippen LogP contribution < -0.4 is 0 Å². The monoisotopic (exact) mass is 163 g/mol. The minimum absolute atomic E-state index is 0.187. The van der Waals surface area contributed by atoms with Gasteiger partial charge in [-0.05, 0) is 25.0 Å². The molecule has 1 aromatic heterocycles. The van der Waals surface area contributed by atoms with Gasteiger partial charge in [0, 0.05) is 6.42 Å². The van der Waals surface area contributed by atoms with Crippen molar-refractivity contribution in [2.24, 2.45) is 0 Å². The summed E-state index contributed by atoms with van der Waals surface area (Å²) in [6, 6.07) is 0. The first kappa shape index (κ1) is 7.21. The van der Waals surface area contributed by atoms with Crippen LogP contribution in [0.15, 0.2) is 6.08 Å². The number of aromatic nitrogens is 3. The van der Waals surface area contributed by atoms with Crippen LogP contribution in [-0.4, -0.2) is 21.2 Å². The van der Waals surface area contributed by atoms with E-state index in [0.29, 0.717) is 6.42 Å². The van der Waals surface area contributed by atoms with Crippen LogP contribution in [0.25, 0.3) is 5.57 Å². The van der Waals surface area contributed by atoms with Crippen molar-refractivity contribution in [2.75, 3.05) is 0 Å². The number of ketones is 1. The summed E-state index contributed by atoms with van der Waals surface area (Å²) in [6.45, 7) is 1.90. The molecule has 1 aliphatic carbocycles. The SMILES string of the molecule is Cc1[nH]nnc1C1=CC(=O)CC1. The Morgan fingerprint density at radius 2 is 2.33 bits per heavy atom. The van der Waals surface area contributed by atoms with Crippen molar-refractivity contribution in [2.45, 2.75) is 19.8 Å². The molecule has 0 radical (unpaired) electrons. The van der Waals surface area contributed by atoms with Gasteiger partial charge in [-0.25, -0.2) is 0 Å². The maximum Gasteiger partial charge on any atom is 0.156 e. The van der Waals surface area contributed by atoms with Gasteiger partial charge in [0.05, 0.1) is 5.69 Å². The number of nitrogens with one attached hydrogen (secondary N) is 1. The summed E-state index contributed by atoms with van der Waals surface area (Å²) in [5.74, 6) is 0.187. The van der Waals surface area contributed by atoms with Crippen molar-refractivity contribution in [1.29, 1.82) is 0 Å². The Morgan fingerprint density at radius 3 is 2.83 bits per heavy atom. The molecule has 1 heterocycles. The number of nitrogens with zero attached hydrogens (tertiary/aromatic N) is 2. The van der Waals surface area contributed by atoms with Crippen molar-refractivity contribution in [3.05, 3.63) is 17.5 Å². The minimum Gasteiger partial charge on any atom is -0.295 e. The summed E-state index contributed by atoms with van der Waals surface area (Å²) >= 11 is 0. The summed E-state index contributed by atoms with van der Waals surface area (Å²) < 4.78 is 0. The second kappa shape index (κ2) is 2.55. The average Bonchev–Trinajstić information content (AvgIpc) is 2.58. The zero-order valence-corrected chi connectivity index (χ0v) is 6.79. The summed E-state index contributed by atoms with van der Waals surface area (Å²) in [5, 5.41) is 10.3. The van der Waals surface area contributed by atoms with Crippen LogP contribution in [0.1, 0.15) is 24.2 Å². The van der Waals surface area contributed by atoms with Gasteiger partial charge in [0.15, 0.2) is 5.78 Å². The van der Waals surface area contributed by atoms with Crippen LogP contribution in [0.2, 0.25) is 0 Å². The fourth-order valence-corrected chi connectivity index (χ4v) is 1.37. The second-order valence-corrected chi connectivity index (χ2v) is 2.92. The molecule has 1 aliphatic rings. The van der Waals surface area contributed by atoms with Crippen molar-refractivity contribution < 1.29 is 4.79 Å². The summed E-state index contributed by atoms with van der Waals surface area (Å²) in [7, 11) is 0. The van der Waals surface area contributed by atoms with Gasteiger partial charge in [-0.2, -0.15) is 0 Å². The van der Waals surface area contributed by atoms with Crippen molar-refractivity contribution in [1.82, 2.24) is 15.4 Å². The maximum atomic E-state index is 10.9. The summed E-state index contributed by atoms with van der Waals surface area (Å²) in [4.78, 5) is 10.9. The van der Waals surface area contributed by atoms with E-state index >= 15 is 0 Å².